The zero-order valence-corrected chi connectivity index (χ0v) is 16.1. The van der Waals surface area contributed by atoms with Crippen LogP contribution in [0.5, 0.6) is 5.75 Å². The monoisotopic (exact) mass is 399 g/mol. The average molecular weight is 400 g/mol. The number of rotatable bonds is 6. The van der Waals surface area contributed by atoms with Gasteiger partial charge in [-0.25, -0.2) is 8.78 Å². The fourth-order valence-electron chi connectivity index (χ4n) is 2.67. The molecule has 2 rings (SSSR count). The first-order valence-corrected chi connectivity index (χ1v) is 7.52. The van der Waals surface area contributed by atoms with Gasteiger partial charge in [0.15, 0.2) is 0 Å². The highest BCUT2D eigenvalue weighted by molar-refractivity contribution is 5.85. The van der Waals surface area contributed by atoms with E-state index >= 15 is 0 Å². The molecule has 2 atom stereocenters. The molecule has 2 unspecified atom stereocenters. The van der Waals surface area contributed by atoms with Gasteiger partial charge in [-0.3, -0.25) is 10.1 Å². The van der Waals surface area contributed by atoms with Gasteiger partial charge in [0.05, 0.1) is 25.7 Å². The lowest BCUT2D eigenvalue weighted by molar-refractivity contribution is -0.123. The number of carbonyl (C=O) groups excluding carboxylic acids is 1. The van der Waals surface area contributed by atoms with Crippen LogP contribution in [0.3, 0.4) is 0 Å². The second-order valence-electron chi connectivity index (χ2n) is 5.99. The van der Waals surface area contributed by atoms with Crippen LogP contribution in [0.15, 0.2) is 24.3 Å². The maximum absolute atomic E-state index is 13.2. The third-order valence-corrected chi connectivity index (χ3v) is 4.00. The van der Waals surface area contributed by atoms with E-state index in [4.69, 9.17) is 4.74 Å². The molecule has 0 aromatic heterocycles. The zero-order valence-electron chi connectivity index (χ0n) is 14.4. The lowest BCUT2D eigenvalue weighted by Crippen LogP contribution is -2.43. The molecular formula is C16H25Cl2F2N3O2. The van der Waals surface area contributed by atoms with Crippen molar-refractivity contribution in [3.63, 3.8) is 0 Å². The second-order valence-corrected chi connectivity index (χ2v) is 5.99. The van der Waals surface area contributed by atoms with Crippen LogP contribution in [0.4, 0.5) is 8.78 Å². The van der Waals surface area contributed by atoms with Crippen LogP contribution in [0.2, 0.25) is 0 Å². The Balaban J connectivity index is 0.00000288. The normalized spacial score (nSPS) is 19.5. The molecule has 0 aliphatic carbocycles. The van der Waals surface area contributed by atoms with Crippen molar-refractivity contribution >= 4 is 30.7 Å². The van der Waals surface area contributed by atoms with Gasteiger partial charge in [0.2, 0.25) is 5.91 Å². The summed E-state index contributed by atoms with van der Waals surface area (Å²) in [5.41, 5.74) is 0.986. The van der Waals surface area contributed by atoms with Gasteiger partial charge in [0, 0.05) is 13.0 Å². The van der Waals surface area contributed by atoms with Crippen molar-refractivity contribution in [3.8, 4) is 5.75 Å². The molecule has 0 bridgehead atoms. The van der Waals surface area contributed by atoms with Gasteiger partial charge in [-0.05, 0) is 31.8 Å². The fourth-order valence-corrected chi connectivity index (χ4v) is 2.67. The molecular weight excluding hydrogens is 375 g/mol. The molecule has 0 saturated carbocycles. The summed E-state index contributed by atoms with van der Waals surface area (Å²) in [6.07, 6.45) is -0.454. The summed E-state index contributed by atoms with van der Waals surface area (Å²) in [6.45, 7) is -0.110. The summed E-state index contributed by atoms with van der Waals surface area (Å²) >= 11 is 0. The van der Waals surface area contributed by atoms with E-state index in [0.717, 1.165) is 11.3 Å². The number of amides is 1. The highest BCUT2D eigenvalue weighted by atomic mass is 35.5. The van der Waals surface area contributed by atoms with Crippen LogP contribution in [0.25, 0.3) is 0 Å². The van der Waals surface area contributed by atoms with Crippen molar-refractivity contribution < 1.29 is 18.3 Å². The first-order chi connectivity index (χ1) is 10.8. The Kier molecular flexibility index (Phi) is 9.64. The topological polar surface area (TPSA) is 53.6 Å². The molecule has 1 aromatic carbocycles. The van der Waals surface area contributed by atoms with Crippen molar-refractivity contribution in [1.29, 1.82) is 0 Å². The van der Waals surface area contributed by atoms with Gasteiger partial charge in [0.25, 0.3) is 5.92 Å². The maximum atomic E-state index is 13.2. The Morgan fingerprint density at radius 3 is 2.64 bits per heavy atom. The summed E-state index contributed by atoms with van der Waals surface area (Å²) in [4.78, 5) is 14.0. The number of methoxy groups -OCH3 is 1. The molecule has 1 amide bonds. The van der Waals surface area contributed by atoms with E-state index < -0.39 is 30.8 Å². The van der Waals surface area contributed by atoms with Crippen LogP contribution in [-0.2, 0) is 4.79 Å². The van der Waals surface area contributed by atoms with Crippen LogP contribution in [-0.4, -0.2) is 57.1 Å². The molecule has 1 saturated heterocycles. The first-order valence-electron chi connectivity index (χ1n) is 7.52. The van der Waals surface area contributed by atoms with Crippen LogP contribution >= 0.6 is 24.8 Å². The summed E-state index contributed by atoms with van der Waals surface area (Å²) in [7, 11) is 5.40. The van der Waals surface area contributed by atoms with Crippen LogP contribution < -0.4 is 15.4 Å². The number of hydrogen-bond donors (Lipinski definition) is 2. The van der Waals surface area contributed by atoms with Gasteiger partial charge in [0.1, 0.15) is 5.75 Å². The fraction of sp³-hybridized carbons (Fsp3) is 0.562. The third-order valence-electron chi connectivity index (χ3n) is 4.00. The molecule has 1 aromatic rings. The number of likely N-dealkylation sites (N-methyl/N-ethyl adjacent to an activating group) is 1. The van der Waals surface area contributed by atoms with E-state index in [9.17, 15) is 13.6 Å². The highest BCUT2D eigenvalue weighted by Crippen LogP contribution is 2.25. The molecule has 25 heavy (non-hydrogen) atoms. The Morgan fingerprint density at radius 1 is 1.44 bits per heavy atom. The number of carbonyl (C=O) groups is 1. The van der Waals surface area contributed by atoms with Crippen LogP contribution in [0.1, 0.15) is 18.0 Å². The van der Waals surface area contributed by atoms with Crippen molar-refractivity contribution in [2.45, 2.75) is 24.4 Å². The van der Waals surface area contributed by atoms with E-state index in [1.165, 1.54) is 0 Å². The molecule has 1 aliphatic heterocycles. The van der Waals surface area contributed by atoms with E-state index in [0.29, 0.717) is 6.54 Å². The third kappa shape index (κ3) is 6.58. The summed E-state index contributed by atoms with van der Waals surface area (Å²) in [5.74, 6) is -2.47. The lowest BCUT2D eigenvalue weighted by atomic mass is 10.1. The minimum atomic E-state index is -2.81. The van der Waals surface area contributed by atoms with Crippen molar-refractivity contribution in [3.05, 3.63) is 29.8 Å². The molecule has 5 nitrogen and oxygen atoms in total. The molecule has 2 N–H and O–H groups in total. The zero-order chi connectivity index (χ0) is 17.0. The van der Waals surface area contributed by atoms with Crippen molar-refractivity contribution in [1.82, 2.24) is 15.5 Å². The van der Waals surface area contributed by atoms with E-state index in [1.807, 2.05) is 43.3 Å². The van der Waals surface area contributed by atoms with Gasteiger partial charge in [-0.2, -0.15) is 0 Å². The SMILES string of the molecule is COc1cccc(C(CNC(=O)C2CC(F)(F)CN2)N(C)C)c1.Cl.Cl. The highest BCUT2D eigenvalue weighted by Gasteiger charge is 2.42. The lowest BCUT2D eigenvalue weighted by Gasteiger charge is -2.26. The molecule has 144 valence electrons. The number of halogens is 4. The number of alkyl halides is 2. The minimum Gasteiger partial charge on any atom is -0.497 e. The van der Waals surface area contributed by atoms with E-state index in [2.05, 4.69) is 10.6 Å². The quantitative estimate of drug-likeness (QED) is 0.770. The average Bonchev–Trinajstić information content (AvgIpc) is 2.87. The summed E-state index contributed by atoms with van der Waals surface area (Å²) in [5, 5.41) is 5.32. The maximum Gasteiger partial charge on any atom is 0.262 e. The standard InChI is InChI=1S/C16H23F2N3O2.2ClH/c1-21(2)14(11-5-4-6-12(7-11)23-3)9-19-15(22)13-8-16(17,18)10-20-13;;/h4-7,13-14,20H,8-10H2,1-3H3,(H,19,22);2*1H. The molecule has 1 fully saturated rings. The summed E-state index contributed by atoms with van der Waals surface area (Å²) in [6, 6.07) is 6.67. The molecule has 1 heterocycles. The minimum absolute atomic E-state index is 0. The molecule has 0 spiro atoms. The molecule has 0 radical (unpaired) electrons. The molecule has 1 aliphatic rings. The van der Waals surface area contributed by atoms with Gasteiger partial charge >= 0.3 is 0 Å². The number of ether oxygens (including phenoxy) is 1. The Bertz CT molecular complexity index is 562. The number of hydrogen-bond acceptors (Lipinski definition) is 4. The second kappa shape index (κ2) is 10.1. The Labute approximate surface area is 159 Å². The van der Waals surface area contributed by atoms with E-state index in [1.54, 1.807) is 7.11 Å². The van der Waals surface area contributed by atoms with Gasteiger partial charge in [-0.1, -0.05) is 12.1 Å². The van der Waals surface area contributed by atoms with Gasteiger partial charge in [-0.15, -0.1) is 24.8 Å². The predicted octanol–water partition coefficient (Wildman–Crippen LogP) is 2.25. The Hall–Kier alpha value is -1.15. The predicted molar refractivity (Wildman–Crippen MR) is 98.3 cm³/mol. The van der Waals surface area contributed by atoms with Crippen molar-refractivity contribution in [2.24, 2.45) is 0 Å². The van der Waals surface area contributed by atoms with Crippen molar-refractivity contribution in [2.75, 3.05) is 34.3 Å². The Morgan fingerprint density at radius 2 is 2.12 bits per heavy atom. The molecule has 9 heteroatoms. The largest absolute Gasteiger partial charge is 0.497 e. The van der Waals surface area contributed by atoms with E-state index in [-0.39, 0.29) is 30.9 Å². The van der Waals surface area contributed by atoms with Crippen LogP contribution in [0, 0.1) is 0 Å². The summed E-state index contributed by atoms with van der Waals surface area (Å²) < 4.78 is 31.5. The number of benzene rings is 1. The number of nitrogens with zero attached hydrogens (tertiary/aromatic N) is 1. The smallest absolute Gasteiger partial charge is 0.262 e. The first kappa shape index (κ1) is 23.9. The van der Waals surface area contributed by atoms with Gasteiger partial charge < -0.3 is 15.0 Å². The number of nitrogens with one attached hydrogen (secondary N) is 2.